The molecule has 0 radical (unpaired) electrons. The summed E-state index contributed by atoms with van der Waals surface area (Å²) in [6.07, 6.45) is -3.45. The Bertz CT molecular complexity index is 1180. The van der Waals surface area contributed by atoms with Gasteiger partial charge < -0.3 is 10.1 Å². The highest BCUT2D eigenvalue weighted by atomic mass is 19.4. The molecule has 0 atom stereocenters. The number of aromatic amines is 1. The number of nitrogens with one attached hydrogen (secondary N) is 2. The molecular weight excluding hydrogens is 427 g/mol. The van der Waals surface area contributed by atoms with Gasteiger partial charge in [-0.25, -0.2) is 0 Å². The van der Waals surface area contributed by atoms with E-state index in [0.717, 1.165) is 48.5 Å². The maximum absolute atomic E-state index is 13.0. The second kappa shape index (κ2) is 9.92. The molecule has 4 nitrogen and oxygen atoms in total. The Morgan fingerprint density at radius 1 is 0.879 bits per heavy atom. The van der Waals surface area contributed by atoms with Crippen molar-refractivity contribution in [2.45, 2.75) is 19.1 Å². The topological polar surface area (TPSA) is 49.9 Å². The van der Waals surface area contributed by atoms with E-state index in [1.54, 1.807) is 19.2 Å². The van der Waals surface area contributed by atoms with Crippen molar-refractivity contribution < 1.29 is 17.9 Å². The maximum atomic E-state index is 13.0. The van der Waals surface area contributed by atoms with Gasteiger partial charge in [0.2, 0.25) is 0 Å². The van der Waals surface area contributed by atoms with Crippen LogP contribution in [-0.4, -0.2) is 23.9 Å². The van der Waals surface area contributed by atoms with Crippen LogP contribution in [0.5, 0.6) is 5.75 Å². The molecule has 4 rings (SSSR count). The monoisotopic (exact) mass is 451 g/mol. The van der Waals surface area contributed by atoms with Crippen LogP contribution < -0.4 is 10.1 Å². The van der Waals surface area contributed by atoms with Gasteiger partial charge in [-0.05, 0) is 54.4 Å². The molecule has 3 aromatic carbocycles. The quantitative estimate of drug-likeness (QED) is 0.318. The highest BCUT2D eigenvalue weighted by Gasteiger charge is 2.30. The van der Waals surface area contributed by atoms with E-state index >= 15 is 0 Å². The van der Waals surface area contributed by atoms with Crippen LogP contribution in [0.2, 0.25) is 0 Å². The average Bonchev–Trinajstić information content (AvgIpc) is 3.33. The van der Waals surface area contributed by atoms with Crippen LogP contribution in [0, 0.1) is 0 Å². The third-order valence-electron chi connectivity index (χ3n) is 5.41. The molecule has 33 heavy (non-hydrogen) atoms. The van der Waals surface area contributed by atoms with Crippen molar-refractivity contribution in [2.24, 2.45) is 0 Å². The van der Waals surface area contributed by atoms with Gasteiger partial charge in [0.05, 0.1) is 24.1 Å². The van der Waals surface area contributed by atoms with Crippen LogP contribution in [0.15, 0.2) is 78.9 Å². The molecule has 4 aromatic rings. The molecule has 0 bridgehead atoms. The molecular formula is C26H24F3N3O. The van der Waals surface area contributed by atoms with Crippen LogP contribution in [0.25, 0.3) is 22.5 Å². The molecule has 0 amide bonds. The first-order valence-corrected chi connectivity index (χ1v) is 10.6. The minimum atomic E-state index is -4.38. The summed E-state index contributed by atoms with van der Waals surface area (Å²) in [7, 11) is 1.66. The van der Waals surface area contributed by atoms with Crippen LogP contribution in [-0.2, 0) is 19.1 Å². The van der Waals surface area contributed by atoms with E-state index in [0.29, 0.717) is 17.0 Å². The standard InChI is InChI=1S/C26H24F3N3O/c1-33-23-11-7-18(8-12-23)13-14-30-17-19-5-9-20(10-6-19)24-16-25(32-31-24)21-3-2-4-22(15-21)26(27,28)29/h2-12,15-16,30H,13-14,17H2,1H3,(H,31,32). The zero-order valence-corrected chi connectivity index (χ0v) is 18.1. The molecule has 170 valence electrons. The number of nitrogens with zero attached hydrogens (tertiary/aromatic N) is 1. The molecule has 0 unspecified atom stereocenters. The van der Waals surface area contributed by atoms with Gasteiger partial charge in [-0.15, -0.1) is 0 Å². The number of ether oxygens (including phenoxy) is 1. The summed E-state index contributed by atoms with van der Waals surface area (Å²) in [5.41, 5.74) is 4.27. The van der Waals surface area contributed by atoms with Crippen molar-refractivity contribution in [3.8, 4) is 28.3 Å². The Hall–Kier alpha value is -3.58. The summed E-state index contributed by atoms with van der Waals surface area (Å²) in [6, 6.07) is 23.0. The van der Waals surface area contributed by atoms with Gasteiger partial charge in [0, 0.05) is 17.7 Å². The molecule has 0 aliphatic carbocycles. The zero-order valence-electron chi connectivity index (χ0n) is 18.1. The molecule has 1 aromatic heterocycles. The van der Waals surface area contributed by atoms with Crippen molar-refractivity contribution >= 4 is 0 Å². The first-order chi connectivity index (χ1) is 15.9. The van der Waals surface area contributed by atoms with Crippen molar-refractivity contribution in [3.05, 3.63) is 95.6 Å². The normalized spacial score (nSPS) is 11.5. The second-order valence-corrected chi connectivity index (χ2v) is 7.72. The number of rotatable bonds is 8. The van der Waals surface area contributed by atoms with E-state index in [1.807, 2.05) is 36.4 Å². The first-order valence-electron chi connectivity index (χ1n) is 10.6. The number of hydrogen-bond donors (Lipinski definition) is 2. The van der Waals surface area contributed by atoms with E-state index in [1.165, 1.54) is 11.6 Å². The Balaban J connectivity index is 1.33. The zero-order chi connectivity index (χ0) is 23.3. The summed E-state index contributed by atoms with van der Waals surface area (Å²) in [4.78, 5) is 0. The predicted octanol–water partition coefficient (Wildman–Crippen LogP) is 6.10. The molecule has 1 heterocycles. The van der Waals surface area contributed by atoms with Crippen LogP contribution in [0.4, 0.5) is 13.2 Å². The van der Waals surface area contributed by atoms with Crippen molar-refractivity contribution in [2.75, 3.05) is 13.7 Å². The molecule has 0 saturated carbocycles. The Morgan fingerprint density at radius 2 is 1.61 bits per heavy atom. The van der Waals surface area contributed by atoms with E-state index in [4.69, 9.17) is 4.74 Å². The summed E-state index contributed by atoms with van der Waals surface area (Å²) in [5.74, 6) is 0.852. The second-order valence-electron chi connectivity index (χ2n) is 7.72. The summed E-state index contributed by atoms with van der Waals surface area (Å²) < 4.78 is 44.1. The number of aromatic nitrogens is 2. The third-order valence-corrected chi connectivity index (χ3v) is 5.41. The van der Waals surface area contributed by atoms with Gasteiger partial charge in [-0.1, -0.05) is 48.5 Å². The number of benzene rings is 3. The molecule has 0 aliphatic heterocycles. The van der Waals surface area contributed by atoms with Crippen molar-refractivity contribution in [3.63, 3.8) is 0 Å². The van der Waals surface area contributed by atoms with Crippen LogP contribution in [0.1, 0.15) is 16.7 Å². The lowest BCUT2D eigenvalue weighted by Gasteiger charge is -2.07. The summed E-state index contributed by atoms with van der Waals surface area (Å²) in [6.45, 7) is 1.60. The number of alkyl halides is 3. The minimum absolute atomic E-state index is 0.446. The Labute approximate surface area is 190 Å². The fraction of sp³-hybridized carbons (Fsp3) is 0.192. The van der Waals surface area contributed by atoms with Gasteiger partial charge in [-0.2, -0.15) is 18.3 Å². The Morgan fingerprint density at radius 3 is 2.30 bits per heavy atom. The fourth-order valence-corrected chi connectivity index (χ4v) is 3.53. The lowest BCUT2D eigenvalue weighted by molar-refractivity contribution is -0.137. The molecule has 7 heteroatoms. The summed E-state index contributed by atoms with van der Waals surface area (Å²) >= 11 is 0. The highest BCUT2D eigenvalue weighted by Crippen LogP contribution is 2.32. The maximum Gasteiger partial charge on any atom is 0.416 e. The molecule has 0 aliphatic rings. The van der Waals surface area contributed by atoms with Crippen molar-refractivity contribution in [1.82, 2.24) is 15.5 Å². The Kier molecular flexibility index (Phi) is 6.79. The number of hydrogen-bond acceptors (Lipinski definition) is 3. The minimum Gasteiger partial charge on any atom is -0.497 e. The molecule has 0 spiro atoms. The summed E-state index contributed by atoms with van der Waals surface area (Å²) in [5, 5.41) is 10.6. The SMILES string of the molecule is COc1ccc(CCNCc2ccc(-c3cc(-c4cccc(C(F)(F)F)c4)[nH]n3)cc2)cc1. The van der Waals surface area contributed by atoms with E-state index in [2.05, 4.69) is 27.6 Å². The number of halogens is 3. The average molecular weight is 451 g/mol. The van der Waals surface area contributed by atoms with Gasteiger partial charge in [-0.3, -0.25) is 5.10 Å². The largest absolute Gasteiger partial charge is 0.497 e. The molecule has 2 N–H and O–H groups in total. The lowest BCUT2D eigenvalue weighted by atomic mass is 10.1. The molecule has 0 saturated heterocycles. The first kappa shape index (κ1) is 22.6. The van der Waals surface area contributed by atoms with Gasteiger partial charge in [0.25, 0.3) is 0 Å². The molecule has 0 fully saturated rings. The lowest BCUT2D eigenvalue weighted by Crippen LogP contribution is -2.16. The van der Waals surface area contributed by atoms with Crippen LogP contribution >= 0.6 is 0 Å². The van der Waals surface area contributed by atoms with E-state index in [9.17, 15) is 13.2 Å². The van der Waals surface area contributed by atoms with Crippen molar-refractivity contribution in [1.29, 1.82) is 0 Å². The smallest absolute Gasteiger partial charge is 0.416 e. The third kappa shape index (κ3) is 5.81. The number of methoxy groups -OCH3 is 1. The predicted molar refractivity (Wildman–Crippen MR) is 123 cm³/mol. The van der Waals surface area contributed by atoms with Gasteiger partial charge in [0.15, 0.2) is 0 Å². The van der Waals surface area contributed by atoms with E-state index < -0.39 is 11.7 Å². The van der Waals surface area contributed by atoms with Gasteiger partial charge in [0.1, 0.15) is 5.75 Å². The fourth-order valence-electron chi connectivity index (χ4n) is 3.53. The van der Waals surface area contributed by atoms with Gasteiger partial charge >= 0.3 is 6.18 Å². The highest BCUT2D eigenvalue weighted by molar-refractivity contribution is 5.68. The van der Waals surface area contributed by atoms with E-state index in [-0.39, 0.29) is 0 Å². The number of H-pyrrole nitrogens is 1. The van der Waals surface area contributed by atoms with Crippen LogP contribution in [0.3, 0.4) is 0 Å².